The fourth-order valence-electron chi connectivity index (χ4n) is 2.98. The standard InChI is InChI=1S/C18H21F3N4O2S/c1-17(2,3)27-16(26)25-9-5-6-11(10-25)14-23-24-15(28-14)12-7-4-8-22-13(12)18(19,20)21/h4,7-8,11H,5-6,9-10H2,1-3H3. The smallest absolute Gasteiger partial charge is 0.434 e. The van der Waals surface area contributed by atoms with Crippen molar-refractivity contribution in [2.24, 2.45) is 0 Å². The van der Waals surface area contributed by atoms with Crippen molar-refractivity contribution in [3.63, 3.8) is 0 Å². The Morgan fingerprint density at radius 1 is 1.29 bits per heavy atom. The summed E-state index contributed by atoms with van der Waals surface area (Å²) in [5, 5.41) is 8.84. The van der Waals surface area contributed by atoms with E-state index in [1.165, 1.54) is 12.1 Å². The summed E-state index contributed by atoms with van der Waals surface area (Å²) in [7, 11) is 0. The monoisotopic (exact) mass is 414 g/mol. The molecule has 0 bridgehead atoms. The number of rotatable bonds is 2. The number of piperidine rings is 1. The van der Waals surface area contributed by atoms with Gasteiger partial charge in [0.1, 0.15) is 15.6 Å². The van der Waals surface area contributed by atoms with Crippen molar-refractivity contribution in [1.82, 2.24) is 20.1 Å². The Labute approximate surface area is 164 Å². The quantitative estimate of drug-likeness (QED) is 0.710. The normalized spacial score (nSPS) is 18.2. The third-order valence-electron chi connectivity index (χ3n) is 4.17. The van der Waals surface area contributed by atoms with E-state index in [0.717, 1.165) is 30.4 Å². The average molecular weight is 414 g/mol. The van der Waals surface area contributed by atoms with Gasteiger partial charge >= 0.3 is 12.3 Å². The molecular formula is C18H21F3N4O2S. The summed E-state index contributed by atoms with van der Waals surface area (Å²) in [5.74, 6) is -0.0847. The first-order chi connectivity index (χ1) is 13.0. The third kappa shape index (κ3) is 4.78. The molecule has 2 aromatic heterocycles. The van der Waals surface area contributed by atoms with Gasteiger partial charge in [-0.3, -0.25) is 4.98 Å². The fraction of sp³-hybridized carbons (Fsp3) is 0.556. The molecule has 1 saturated heterocycles. The van der Waals surface area contributed by atoms with Crippen molar-refractivity contribution >= 4 is 17.4 Å². The number of hydrogen-bond donors (Lipinski definition) is 0. The predicted molar refractivity (Wildman–Crippen MR) is 97.9 cm³/mol. The second-order valence-corrected chi connectivity index (χ2v) is 8.62. The summed E-state index contributed by atoms with van der Waals surface area (Å²) < 4.78 is 45.0. The van der Waals surface area contributed by atoms with E-state index in [-0.39, 0.29) is 16.5 Å². The second kappa shape index (κ2) is 7.65. The van der Waals surface area contributed by atoms with Gasteiger partial charge in [-0.15, -0.1) is 10.2 Å². The zero-order valence-corrected chi connectivity index (χ0v) is 16.6. The summed E-state index contributed by atoms with van der Waals surface area (Å²) in [6.07, 6.45) is -2.31. The third-order valence-corrected chi connectivity index (χ3v) is 5.29. The number of amides is 1. The van der Waals surface area contributed by atoms with E-state index >= 15 is 0 Å². The van der Waals surface area contributed by atoms with E-state index < -0.39 is 23.6 Å². The molecule has 1 atom stereocenters. The topological polar surface area (TPSA) is 68.2 Å². The van der Waals surface area contributed by atoms with Crippen molar-refractivity contribution in [2.75, 3.05) is 13.1 Å². The number of likely N-dealkylation sites (tertiary alicyclic amines) is 1. The Morgan fingerprint density at radius 2 is 2.04 bits per heavy atom. The minimum Gasteiger partial charge on any atom is -0.444 e. The van der Waals surface area contributed by atoms with Gasteiger partial charge in [0.25, 0.3) is 0 Å². The molecule has 2 aromatic rings. The number of hydrogen-bond acceptors (Lipinski definition) is 6. The maximum Gasteiger partial charge on any atom is 0.434 e. The number of pyridine rings is 1. The average Bonchev–Trinajstić information content (AvgIpc) is 3.10. The molecule has 0 spiro atoms. The summed E-state index contributed by atoms with van der Waals surface area (Å²) >= 11 is 1.11. The number of carbonyl (C=O) groups excluding carboxylic acids is 1. The molecule has 1 unspecified atom stereocenters. The van der Waals surface area contributed by atoms with Crippen LogP contribution in [0.2, 0.25) is 0 Å². The van der Waals surface area contributed by atoms with Gasteiger partial charge in [0.15, 0.2) is 5.69 Å². The molecule has 1 amide bonds. The van der Waals surface area contributed by atoms with Crippen molar-refractivity contribution in [2.45, 2.75) is 51.3 Å². The Morgan fingerprint density at radius 3 is 2.71 bits per heavy atom. The largest absolute Gasteiger partial charge is 0.444 e. The molecular weight excluding hydrogens is 393 g/mol. The predicted octanol–water partition coefficient (Wildman–Crippen LogP) is 4.73. The molecule has 28 heavy (non-hydrogen) atoms. The maximum absolute atomic E-state index is 13.2. The van der Waals surface area contributed by atoms with Crippen LogP contribution in [0.5, 0.6) is 0 Å². The molecule has 1 aliphatic rings. The summed E-state index contributed by atoms with van der Waals surface area (Å²) in [6, 6.07) is 2.78. The van der Waals surface area contributed by atoms with Crippen molar-refractivity contribution in [3.05, 3.63) is 29.0 Å². The minimum absolute atomic E-state index is 0.0847. The highest BCUT2D eigenvalue weighted by atomic mass is 32.1. The molecule has 3 rings (SSSR count). The summed E-state index contributed by atoms with van der Waals surface area (Å²) in [4.78, 5) is 17.4. The van der Waals surface area contributed by atoms with E-state index in [1.54, 1.807) is 25.7 Å². The number of halogens is 3. The molecule has 0 saturated carbocycles. The van der Waals surface area contributed by atoms with Crippen LogP contribution in [-0.2, 0) is 10.9 Å². The van der Waals surface area contributed by atoms with E-state index in [4.69, 9.17) is 4.74 Å². The molecule has 10 heteroatoms. The van der Waals surface area contributed by atoms with E-state index in [0.29, 0.717) is 18.1 Å². The lowest BCUT2D eigenvalue weighted by Gasteiger charge is -2.33. The highest BCUT2D eigenvalue weighted by molar-refractivity contribution is 7.14. The highest BCUT2D eigenvalue weighted by Crippen LogP contribution is 2.38. The zero-order chi connectivity index (χ0) is 20.5. The van der Waals surface area contributed by atoms with Gasteiger partial charge in [-0.25, -0.2) is 4.79 Å². The van der Waals surface area contributed by atoms with Gasteiger partial charge in [-0.05, 0) is 45.7 Å². The van der Waals surface area contributed by atoms with Gasteiger partial charge in [-0.1, -0.05) is 11.3 Å². The Kier molecular flexibility index (Phi) is 5.60. The highest BCUT2D eigenvalue weighted by Gasteiger charge is 2.37. The van der Waals surface area contributed by atoms with Crippen LogP contribution in [-0.4, -0.2) is 44.9 Å². The molecule has 152 valence electrons. The number of carbonyl (C=O) groups is 1. The summed E-state index contributed by atoms with van der Waals surface area (Å²) in [5.41, 5.74) is -1.65. The number of aromatic nitrogens is 3. The molecule has 1 fully saturated rings. The van der Waals surface area contributed by atoms with Crippen LogP contribution < -0.4 is 0 Å². The van der Waals surface area contributed by atoms with Gasteiger partial charge in [0.05, 0.1) is 0 Å². The second-order valence-electron chi connectivity index (χ2n) is 7.61. The first-order valence-electron chi connectivity index (χ1n) is 8.88. The maximum atomic E-state index is 13.2. The summed E-state index contributed by atoms with van der Waals surface area (Å²) in [6.45, 7) is 6.39. The van der Waals surface area contributed by atoms with Crippen LogP contribution in [0.15, 0.2) is 18.3 Å². The minimum atomic E-state index is -4.57. The Hall–Kier alpha value is -2.23. The first-order valence-corrected chi connectivity index (χ1v) is 9.70. The molecule has 0 aliphatic carbocycles. The lowest BCUT2D eigenvalue weighted by Crippen LogP contribution is -2.42. The van der Waals surface area contributed by atoms with Crippen molar-refractivity contribution in [3.8, 4) is 10.6 Å². The molecule has 1 aliphatic heterocycles. The van der Waals surface area contributed by atoms with Crippen LogP contribution in [0.3, 0.4) is 0 Å². The van der Waals surface area contributed by atoms with Crippen molar-refractivity contribution < 1.29 is 22.7 Å². The molecule has 0 N–H and O–H groups in total. The number of alkyl halides is 3. The van der Waals surface area contributed by atoms with E-state index in [9.17, 15) is 18.0 Å². The Balaban J connectivity index is 1.79. The number of nitrogens with zero attached hydrogens (tertiary/aromatic N) is 4. The SMILES string of the molecule is CC(C)(C)OC(=O)N1CCCC(c2nnc(-c3cccnc3C(F)(F)F)s2)C1. The Bertz CT molecular complexity index is 848. The van der Waals surface area contributed by atoms with Gasteiger partial charge in [-0.2, -0.15) is 13.2 Å². The lowest BCUT2D eigenvalue weighted by molar-refractivity contribution is -0.140. The van der Waals surface area contributed by atoms with Crippen LogP contribution in [0, 0.1) is 0 Å². The zero-order valence-electron chi connectivity index (χ0n) is 15.8. The van der Waals surface area contributed by atoms with Crippen LogP contribution >= 0.6 is 11.3 Å². The van der Waals surface area contributed by atoms with Gasteiger partial charge < -0.3 is 9.64 Å². The van der Waals surface area contributed by atoms with E-state index in [2.05, 4.69) is 15.2 Å². The number of ether oxygens (including phenoxy) is 1. The van der Waals surface area contributed by atoms with E-state index in [1.807, 2.05) is 0 Å². The molecule has 6 nitrogen and oxygen atoms in total. The van der Waals surface area contributed by atoms with Crippen LogP contribution in [0.1, 0.15) is 50.2 Å². The molecule has 0 aromatic carbocycles. The van der Waals surface area contributed by atoms with Crippen LogP contribution in [0.25, 0.3) is 10.6 Å². The molecule has 3 heterocycles. The van der Waals surface area contributed by atoms with Crippen molar-refractivity contribution in [1.29, 1.82) is 0 Å². The first kappa shape index (κ1) is 20.5. The lowest BCUT2D eigenvalue weighted by atomic mass is 9.99. The fourth-order valence-corrected chi connectivity index (χ4v) is 3.98. The van der Waals surface area contributed by atoms with Crippen LogP contribution in [0.4, 0.5) is 18.0 Å². The van der Waals surface area contributed by atoms with Gasteiger partial charge in [0.2, 0.25) is 0 Å². The van der Waals surface area contributed by atoms with Gasteiger partial charge in [0, 0.05) is 30.8 Å². The molecule has 0 radical (unpaired) electrons.